The Balaban J connectivity index is 1.63. The van der Waals surface area contributed by atoms with E-state index in [1.165, 1.54) is 24.3 Å². The molecule has 1 atom stereocenters. The molecule has 26 heavy (non-hydrogen) atoms. The number of nitrogens with zero attached hydrogens (tertiary/aromatic N) is 2. The fraction of sp³-hybridized carbons (Fsp3) is 0.200. The molecule has 0 saturated heterocycles. The fourth-order valence-corrected chi connectivity index (χ4v) is 2.59. The standard InChI is InChI=1S/C20H20FN3O2/c1-13-12-14(2)24(23-13)18-8-6-17(7-9-18)22-20(25)15(3)26-19-10-4-16(21)5-11-19/h4-12,15H,1-3H3,(H,22,25)/t15-/m1/s1. The number of ether oxygens (including phenoxy) is 1. The van der Waals surface area contributed by atoms with Gasteiger partial charge in [0.15, 0.2) is 6.10 Å². The van der Waals surface area contributed by atoms with E-state index < -0.39 is 6.10 Å². The number of rotatable bonds is 5. The molecule has 0 bridgehead atoms. The largest absolute Gasteiger partial charge is 0.481 e. The van der Waals surface area contributed by atoms with E-state index >= 15 is 0 Å². The van der Waals surface area contributed by atoms with E-state index in [-0.39, 0.29) is 11.7 Å². The third kappa shape index (κ3) is 4.08. The molecule has 0 saturated carbocycles. The van der Waals surface area contributed by atoms with Crippen molar-refractivity contribution in [2.45, 2.75) is 26.9 Å². The van der Waals surface area contributed by atoms with Crippen molar-refractivity contribution in [1.29, 1.82) is 0 Å². The Morgan fingerprint density at radius 1 is 1.12 bits per heavy atom. The van der Waals surface area contributed by atoms with Gasteiger partial charge in [0, 0.05) is 11.4 Å². The number of aromatic nitrogens is 2. The van der Waals surface area contributed by atoms with Crippen molar-refractivity contribution in [2.24, 2.45) is 0 Å². The number of carbonyl (C=O) groups excluding carboxylic acids is 1. The number of benzene rings is 2. The van der Waals surface area contributed by atoms with Crippen molar-refractivity contribution in [2.75, 3.05) is 5.32 Å². The van der Waals surface area contributed by atoms with Gasteiger partial charge in [-0.2, -0.15) is 5.10 Å². The lowest BCUT2D eigenvalue weighted by Crippen LogP contribution is -2.30. The quantitative estimate of drug-likeness (QED) is 0.753. The summed E-state index contributed by atoms with van der Waals surface area (Å²) in [5, 5.41) is 7.24. The van der Waals surface area contributed by atoms with Gasteiger partial charge in [0.1, 0.15) is 11.6 Å². The van der Waals surface area contributed by atoms with Gasteiger partial charge in [-0.05, 0) is 75.4 Å². The minimum Gasteiger partial charge on any atom is -0.481 e. The normalized spacial score (nSPS) is 11.8. The van der Waals surface area contributed by atoms with Gasteiger partial charge in [0.25, 0.3) is 5.91 Å². The zero-order valence-electron chi connectivity index (χ0n) is 14.9. The number of hydrogen-bond donors (Lipinski definition) is 1. The molecule has 5 nitrogen and oxygen atoms in total. The Bertz CT molecular complexity index is 902. The second kappa shape index (κ2) is 7.39. The molecular weight excluding hydrogens is 333 g/mol. The van der Waals surface area contributed by atoms with Crippen LogP contribution in [0.3, 0.4) is 0 Å². The average Bonchev–Trinajstić information content (AvgIpc) is 2.96. The summed E-state index contributed by atoms with van der Waals surface area (Å²) in [4.78, 5) is 12.3. The summed E-state index contributed by atoms with van der Waals surface area (Å²) in [5.74, 6) is -0.195. The summed E-state index contributed by atoms with van der Waals surface area (Å²) in [6, 6.07) is 15.0. The maximum absolute atomic E-state index is 12.9. The first kappa shape index (κ1) is 17.7. The average molecular weight is 353 g/mol. The predicted molar refractivity (Wildman–Crippen MR) is 98.2 cm³/mol. The van der Waals surface area contributed by atoms with Gasteiger partial charge in [-0.25, -0.2) is 9.07 Å². The first-order valence-corrected chi connectivity index (χ1v) is 8.29. The summed E-state index contributed by atoms with van der Waals surface area (Å²) in [6.45, 7) is 5.58. The van der Waals surface area contributed by atoms with Crippen LogP contribution in [0, 0.1) is 19.7 Å². The van der Waals surface area contributed by atoms with Gasteiger partial charge in [-0.3, -0.25) is 4.79 Å². The molecule has 0 aliphatic heterocycles. The lowest BCUT2D eigenvalue weighted by atomic mass is 10.2. The molecule has 0 aliphatic carbocycles. The van der Waals surface area contributed by atoms with E-state index in [0.29, 0.717) is 11.4 Å². The van der Waals surface area contributed by atoms with Crippen molar-refractivity contribution in [1.82, 2.24) is 9.78 Å². The van der Waals surface area contributed by atoms with Gasteiger partial charge in [-0.15, -0.1) is 0 Å². The van der Waals surface area contributed by atoms with Gasteiger partial charge >= 0.3 is 0 Å². The van der Waals surface area contributed by atoms with E-state index in [1.807, 2.05) is 48.9 Å². The lowest BCUT2D eigenvalue weighted by molar-refractivity contribution is -0.122. The minimum atomic E-state index is -0.712. The number of carbonyl (C=O) groups is 1. The van der Waals surface area contributed by atoms with Crippen molar-refractivity contribution in [3.05, 3.63) is 71.8 Å². The van der Waals surface area contributed by atoms with Crippen LogP contribution in [0.5, 0.6) is 5.75 Å². The van der Waals surface area contributed by atoms with Crippen molar-refractivity contribution in [3.8, 4) is 11.4 Å². The minimum absolute atomic E-state index is 0.284. The zero-order chi connectivity index (χ0) is 18.7. The van der Waals surface area contributed by atoms with Crippen LogP contribution in [-0.4, -0.2) is 21.8 Å². The van der Waals surface area contributed by atoms with Crippen molar-refractivity contribution >= 4 is 11.6 Å². The predicted octanol–water partition coefficient (Wildman–Crippen LogP) is 4.03. The van der Waals surface area contributed by atoms with Crippen LogP contribution in [0.1, 0.15) is 18.3 Å². The fourth-order valence-electron chi connectivity index (χ4n) is 2.59. The number of aryl methyl sites for hydroxylation is 2. The number of anilines is 1. The zero-order valence-corrected chi connectivity index (χ0v) is 14.9. The molecule has 1 N–H and O–H groups in total. The molecule has 134 valence electrons. The number of hydrogen-bond acceptors (Lipinski definition) is 3. The topological polar surface area (TPSA) is 56.2 Å². The summed E-state index contributed by atoms with van der Waals surface area (Å²) >= 11 is 0. The molecule has 3 rings (SSSR count). The molecule has 0 fully saturated rings. The highest BCUT2D eigenvalue weighted by atomic mass is 19.1. The first-order valence-electron chi connectivity index (χ1n) is 8.29. The van der Waals surface area contributed by atoms with Crippen LogP contribution in [0.2, 0.25) is 0 Å². The molecule has 6 heteroatoms. The Morgan fingerprint density at radius 2 is 1.77 bits per heavy atom. The first-order chi connectivity index (χ1) is 12.4. The molecule has 1 heterocycles. The van der Waals surface area contributed by atoms with Crippen molar-refractivity contribution in [3.63, 3.8) is 0 Å². The number of halogens is 1. The smallest absolute Gasteiger partial charge is 0.265 e. The highest BCUT2D eigenvalue weighted by Gasteiger charge is 2.15. The van der Waals surface area contributed by atoms with E-state index in [0.717, 1.165) is 17.1 Å². The van der Waals surface area contributed by atoms with E-state index in [9.17, 15) is 9.18 Å². The molecular formula is C20H20FN3O2. The lowest BCUT2D eigenvalue weighted by Gasteiger charge is -2.15. The van der Waals surface area contributed by atoms with Crippen LogP contribution < -0.4 is 10.1 Å². The molecule has 3 aromatic rings. The van der Waals surface area contributed by atoms with E-state index in [4.69, 9.17) is 4.74 Å². The summed E-state index contributed by atoms with van der Waals surface area (Å²) < 4.78 is 20.3. The van der Waals surface area contributed by atoms with Crippen LogP contribution in [0.15, 0.2) is 54.6 Å². The Kier molecular flexibility index (Phi) is 5.02. The Morgan fingerprint density at radius 3 is 2.35 bits per heavy atom. The van der Waals surface area contributed by atoms with Gasteiger partial charge < -0.3 is 10.1 Å². The maximum atomic E-state index is 12.9. The maximum Gasteiger partial charge on any atom is 0.265 e. The van der Waals surface area contributed by atoms with Crippen LogP contribution in [0.4, 0.5) is 10.1 Å². The summed E-state index contributed by atoms with van der Waals surface area (Å²) in [6.07, 6.45) is -0.712. The van der Waals surface area contributed by atoms with Gasteiger partial charge in [0.2, 0.25) is 0 Å². The monoisotopic (exact) mass is 353 g/mol. The second-order valence-corrected chi connectivity index (χ2v) is 6.09. The van der Waals surface area contributed by atoms with Crippen LogP contribution >= 0.6 is 0 Å². The molecule has 1 amide bonds. The van der Waals surface area contributed by atoms with Crippen LogP contribution in [-0.2, 0) is 4.79 Å². The third-order valence-electron chi connectivity index (χ3n) is 3.88. The molecule has 1 aromatic heterocycles. The highest BCUT2D eigenvalue weighted by Crippen LogP contribution is 2.17. The number of nitrogens with one attached hydrogen (secondary N) is 1. The molecule has 2 aromatic carbocycles. The number of amides is 1. The summed E-state index contributed by atoms with van der Waals surface area (Å²) in [5.41, 5.74) is 3.58. The molecule has 0 aliphatic rings. The van der Waals surface area contributed by atoms with Gasteiger partial charge in [0.05, 0.1) is 11.4 Å². The molecule has 0 unspecified atom stereocenters. The van der Waals surface area contributed by atoms with E-state index in [1.54, 1.807) is 6.92 Å². The molecule has 0 radical (unpaired) electrons. The summed E-state index contributed by atoms with van der Waals surface area (Å²) in [7, 11) is 0. The third-order valence-corrected chi connectivity index (χ3v) is 3.88. The Hall–Kier alpha value is -3.15. The SMILES string of the molecule is Cc1cc(C)n(-c2ccc(NC(=O)[C@@H](C)Oc3ccc(F)cc3)cc2)n1. The van der Waals surface area contributed by atoms with E-state index in [2.05, 4.69) is 10.4 Å². The van der Waals surface area contributed by atoms with Crippen molar-refractivity contribution < 1.29 is 13.9 Å². The second-order valence-electron chi connectivity index (χ2n) is 6.09. The Labute approximate surface area is 151 Å². The van der Waals surface area contributed by atoms with Gasteiger partial charge in [-0.1, -0.05) is 0 Å². The van der Waals surface area contributed by atoms with Crippen LogP contribution in [0.25, 0.3) is 5.69 Å². The molecule has 0 spiro atoms. The highest BCUT2D eigenvalue weighted by molar-refractivity contribution is 5.94.